The Morgan fingerprint density at radius 1 is 1.22 bits per heavy atom. The van der Waals surface area contributed by atoms with E-state index >= 15 is 0 Å². The highest BCUT2D eigenvalue weighted by Gasteiger charge is 2.21. The maximum atomic E-state index is 13.0. The Bertz CT molecular complexity index is 1230. The highest BCUT2D eigenvalue weighted by molar-refractivity contribution is 6.00. The molecule has 0 fully saturated rings. The molecule has 0 bridgehead atoms. The number of benzene rings is 2. The first-order chi connectivity index (χ1) is 15.4. The van der Waals surface area contributed by atoms with Crippen molar-refractivity contribution in [2.24, 2.45) is 5.10 Å². The zero-order valence-electron chi connectivity index (χ0n) is 18.8. The Hall–Kier alpha value is -3.67. The highest BCUT2D eigenvalue weighted by Crippen LogP contribution is 2.25. The molecule has 0 spiro atoms. The molecule has 2 heterocycles. The number of aromatic nitrogens is 2. The monoisotopic (exact) mass is 428 g/mol. The summed E-state index contributed by atoms with van der Waals surface area (Å²) < 4.78 is 7.00. The quantitative estimate of drug-likeness (QED) is 0.546. The van der Waals surface area contributed by atoms with Crippen LogP contribution in [0.4, 0.5) is 5.69 Å². The molecule has 1 aromatic heterocycles. The van der Waals surface area contributed by atoms with E-state index in [4.69, 9.17) is 14.8 Å². The molecule has 0 amide bonds. The molecule has 4 rings (SSSR count). The van der Waals surface area contributed by atoms with Crippen LogP contribution in [0.5, 0.6) is 5.75 Å². The van der Waals surface area contributed by atoms with Gasteiger partial charge in [0.05, 0.1) is 23.7 Å². The molecule has 0 saturated carbocycles. The van der Waals surface area contributed by atoms with Crippen LogP contribution < -0.4 is 15.6 Å². The lowest BCUT2D eigenvalue weighted by Gasteiger charge is -2.14. The zero-order valence-corrected chi connectivity index (χ0v) is 18.8. The molecule has 2 aromatic carbocycles. The molecular formula is C26H28N4O2. The van der Waals surface area contributed by atoms with Gasteiger partial charge in [-0.25, -0.2) is 4.98 Å². The fourth-order valence-electron chi connectivity index (χ4n) is 3.78. The van der Waals surface area contributed by atoms with Gasteiger partial charge in [-0.15, -0.1) is 0 Å². The van der Waals surface area contributed by atoms with Crippen molar-refractivity contribution in [1.29, 1.82) is 0 Å². The lowest BCUT2D eigenvalue weighted by molar-refractivity contribution is 0.430. The Kier molecular flexibility index (Phi) is 6.21. The molecular weight excluding hydrogens is 400 g/mol. The number of ether oxygens (including phenoxy) is 1. The summed E-state index contributed by atoms with van der Waals surface area (Å²) in [5.41, 5.74) is 4.59. The smallest absolute Gasteiger partial charge is 0.274 e. The van der Waals surface area contributed by atoms with E-state index in [1.807, 2.05) is 49.4 Å². The van der Waals surface area contributed by atoms with E-state index in [0.29, 0.717) is 18.1 Å². The van der Waals surface area contributed by atoms with Crippen molar-refractivity contribution in [3.8, 4) is 5.75 Å². The van der Waals surface area contributed by atoms with Crippen molar-refractivity contribution in [3.63, 3.8) is 0 Å². The van der Waals surface area contributed by atoms with Crippen LogP contribution in [-0.2, 0) is 6.54 Å². The first-order valence-electron chi connectivity index (χ1n) is 10.8. The summed E-state index contributed by atoms with van der Waals surface area (Å²) in [6.07, 6.45) is 1.63. The third kappa shape index (κ3) is 4.80. The predicted octanol–water partition coefficient (Wildman–Crippen LogP) is 5.23. The number of hydrogen-bond acceptors (Lipinski definition) is 5. The first-order valence-corrected chi connectivity index (χ1v) is 10.8. The third-order valence-corrected chi connectivity index (χ3v) is 5.53. The number of aryl methyl sites for hydroxylation is 1. The van der Waals surface area contributed by atoms with Gasteiger partial charge in [0.25, 0.3) is 5.56 Å². The van der Waals surface area contributed by atoms with Gasteiger partial charge in [-0.2, -0.15) is 9.78 Å². The number of anilines is 1. The average Bonchev–Trinajstić information content (AvgIpc) is 2.93. The van der Waals surface area contributed by atoms with Crippen LogP contribution in [0, 0.1) is 6.92 Å². The molecule has 0 radical (unpaired) electrons. The summed E-state index contributed by atoms with van der Waals surface area (Å²) in [6.45, 7) is 10.2. The van der Waals surface area contributed by atoms with Gasteiger partial charge in [0.1, 0.15) is 11.6 Å². The maximum absolute atomic E-state index is 13.0. The summed E-state index contributed by atoms with van der Waals surface area (Å²) >= 11 is 0. The van der Waals surface area contributed by atoms with Gasteiger partial charge < -0.3 is 10.1 Å². The van der Waals surface area contributed by atoms with E-state index in [2.05, 4.69) is 31.8 Å². The summed E-state index contributed by atoms with van der Waals surface area (Å²) in [5.74, 6) is 2.19. The summed E-state index contributed by atoms with van der Waals surface area (Å²) in [5, 5.41) is 8.09. The molecule has 32 heavy (non-hydrogen) atoms. The fraction of sp³-hybridized carbons (Fsp3) is 0.269. The molecule has 6 heteroatoms. The van der Waals surface area contributed by atoms with Crippen LogP contribution in [-0.4, -0.2) is 15.4 Å². The standard InChI is InChI=1S/C26H28N4O2/c1-17(2)32-22-12-10-20(11-13-22)24-14-9-19(4)26-28-21(15-25(31)30(26)29-24)16-27-23-8-6-5-7-18(23)3/h5-8,10-13,15,19,27H,1,9,14,16H2,2-4H3. The zero-order chi connectivity index (χ0) is 22.7. The average molecular weight is 429 g/mol. The van der Waals surface area contributed by atoms with Crippen LogP contribution in [0.2, 0.25) is 0 Å². The molecule has 1 unspecified atom stereocenters. The minimum atomic E-state index is -0.162. The third-order valence-electron chi connectivity index (χ3n) is 5.53. The van der Waals surface area contributed by atoms with E-state index in [-0.39, 0.29) is 11.5 Å². The van der Waals surface area contributed by atoms with E-state index in [1.165, 1.54) is 4.68 Å². The van der Waals surface area contributed by atoms with Gasteiger partial charge >= 0.3 is 0 Å². The van der Waals surface area contributed by atoms with E-state index in [0.717, 1.165) is 46.8 Å². The normalized spacial score (nSPS) is 15.3. The number of allylic oxidation sites excluding steroid dienone is 1. The largest absolute Gasteiger partial charge is 0.463 e. The Labute approximate surface area is 188 Å². The number of nitrogens with one attached hydrogen (secondary N) is 1. The van der Waals surface area contributed by atoms with Crippen molar-refractivity contribution in [3.05, 3.63) is 99.9 Å². The van der Waals surface area contributed by atoms with Crippen LogP contribution in [0.1, 0.15) is 55.3 Å². The lowest BCUT2D eigenvalue weighted by Crippen LogP contribution is -2.24. The van der Waals surface area contributed by atoms with E-state index in [1.54, 1.807) is 6.07 Å². The second-order valence-electron chi connectivity index (χ2n) is 8.24. The molecule has 1 N–H and O–H groups in total. The Morgan fingerprint density at radius 2 is 1.97 bits per heavy atom. The molecule has 0 aliphatic carbocycles. The topological polar surface area (TPSA) is 68.5 Å². The molecule has 1 aliphatic rings. The van der Waals surface area contributed by atoms with E-state index < -0.39 is 0 Å². The van der Waals surface area contributed by atoms with Gasteiger partial charge in [0.15, 0.2) is 0 Å². The molecule has 1 aliphatic heterocycles. The highest BCUT2D eigenvalue weighted by atomic mass is 16.5. The predicted molar refractivity (Wildman–Crippen MR) is 128 cm³/mol. The molecule has 3 aromatic rings. The van der Waals surface area contributed by atoms with Crippen molar-refractivity contribution in [2.75, 3.05) is 5.32 Å². The van der Waals surface area contributed by atoms with Gasteiger partial charge in [0.2, 0.25) is 0 Å². The van der Waals surface area contributed by atoms with Crippen LogP contribution >= 0.6 is 0 Å². The fourth-order valence-corrected chi connectivity index (χ4v) is 3.78. The first kappa shape index (κ1) is 21.6. The van der Waals surface area contributed by atoms with Crippen molar-refractivity contribution < 1.29 is 4.74 Å². The summed E-state index contributed by atoms with van der Waals surface area (Å²) in [6, 6.07) is 17.4. The van der Waals surface area contributed by atoms with Gasteiger partial charge in [-0.3, -0.25) is 4.79 Å². The molecule has 164 valence electrons. The van der Waals surface area contributed by atoms with Gasteiger partial charge in [-0.1, -0.05) is 31.7 Å². The molecule has 1 atom stereocenters. The van der Waals surface area contributed by atoms with Crippen LogP contribution in [0.25, 0.3) is 0 Å². The van der Waals surface area contributed by atoms with Crippen molar-refractivity contribution in [1.82, 2.24) is 9.66 Å². The number of rotatable bonds is 6. The number of fused-ring (bicyclic) bond motifs is 1. The maximum Gasteiger partial charge on any atom is 0.274 e. The summed E-state index contributed by atoms with van der Waals surface area (Å²) in [4.78, 5) is 17.8. The van der Waals surface area contributed by atoms with Crippen LogP contribution in [0.3, 0.4) is 0 Å². The number of para-hydroxylation sites is 1. The lowest BCUT2D eigenvalue weighted by atomic mass is 9.99. The van der Waals surface area contributed by atoms with Gasteiger partial charge in [-0.05, 0) is 68.1 Å². The number of nitrogens with zero attached hydrogens (tertiary/aromatic N) is 3. The molecule has 0 saturated heterocycles. The summed E-state index contributed by atoms with van der Waals surface area (Å²) in [7, 11) is 0. The van der Waals surface area contributed by atoms with Crippen molar-refractivity contribution >= 4 is 11.4 Å². The second kappa shape index (κ2) is 9.22. The Balaban J connectivity index is 1.61. The molecule has 6 nitrogen and oxygen atoms in total. The van der Waals surface area contributed by atoms with E-state index in [9.17, 15) is 4.79 Å². The Morgan fingerprint density at radius 3 is 2.69 bits per heavy atom. The second-order valence-corrected chi connectivity index (χ2v) is 8.24. The SMILES string of the molecule is C=C(C)Oc1ccc(C2=Nn3c(nc(CNc4ccccc4C)cc3=O)C(C)CC2)cc1. The number of hydrogen-bond donors (Lipinski definition) is 1. The minimum Gasteiger partial charge on any atom is -0.463 e. The van der Waals surface area contributed by atoms with Crippen LogP contribution in [0.15, 0.2) is 76.8 Å². The van der Waals surface area contributed by atoms with Crippen molar-refractivity contribution in [2.45, 2.75) is 46.1 Å². The minimum absolute atomic E-state index is 0.119. The van der Waals surface area contributed by atoms with Gasteiger partial charge in [0, 0.05) is 17.7 Å².